The molecule has 0 amide bonds. The fourth-order valence-corrected chi connectivity index (χ4v) is 11.7. The number of ether oxygens (including phenoxy) is 1. The van der Waals surface area contributed by atoms with E-state index in [0.29, 0.717) is 17.8 Å². The van der Waals surface area contributed by atoms with Gasteiger partial charge in [-0.15, -0.1) is 0 Å². The van der Waals surface area contributed by atoms with Crippen LogP contribution in [0.5, 0.6) is 11.5 Å². The third kappa shape index (κ3) is 6.15. The first kappa shape index (κ1) is 36.3. The van der Waals surface area contributed by atoms with Crippen LogP contribution in [-0.4, -0.2) is 13.4 Å². The fourth-order valence-electron chi connectivity index (χ4n) is 9.27. The van der Waals surface area contributed by atoms with Gasteiger partial charge in [0.1, 0.15) is 11.5 Å². The van der Waals surface area contributed by atoms with E-state index >= 15 is 0 Å². The number of para-hydroxylation sites is 3. The predicted octanol–water partition coefficient (Wildman–Crippen LogP) is 10.6. The normalized spacial score (nSPS) is 13.5. The van der Waals surface area contributed by atoms with Gasteiger partial charge in [-0.2, -0.15) is 0 Å². The summed E-state index contributed by atoms with van der Waals surface area (Å²) in [6.45, 7) is 14.4. The maximum absolute atomic E-state index is 6.58. The number of benzene rings is 7. The van der Waals surface area contributed by atoms with E-state index in [1.807, 2.05) is 23.5 Å². The highest BCUT2D eigenvalue weighted by molar-refractivity contribution is 8.01. The van der Waals surface area contributed by atoms with Crippen molar-refractivity contribution in [2.75, 3.05) is 4.90 Å². The molecule has 57 heavy (non-hydrogen) atoms. The molecule has 0 N–H and O–H groups in total. The van der Waals surface area contributed by atoms with Crippen LogP contribution >= 0.6 is 23.5 Å². The smallest absolute Gasteiger partial charge is 0.253 e. The van der Waals surface area contributed by atoms with Gasteiger partial charge in [-0.3, -0.25) is 0 Å². The summed E-state index contributed by atoms with van der Waals surface area (Å²) in [5, 5.41) is 0. The molecule has 2 nitrogen and oxygen atoms in total. The zero-order valence-corrected chi connectivity index (χ0v) is 35.0. The lowest BCUT2D eigenvalue weighted by Crippen LogP contribution is -2.62. The standard InChI is InChI=1S/C51H45B2NOS2/c1-31(2)34-26-38(32(3)4)50(39(27-34)33(5)6)53-41-25-24-37(54(35-16-9-7-10-17-35)36-18-11-8-12-19-36)28-47(41)57-49-30-48-42(29-43(49)53)52-40-20-13-14-21-44(40)55-45-22-15-23-46(56-48)51(45)52/h7-33H,1-6H3. The minimum atomic E-state index is 0.0743. The lowest BCUT2D eigenvalue weighted by molar-refractivity contribution is 0.486. The minimum Gasteiger partial charge on any atom is -0.458 e. The Morgan fingerprint density at radius 1 is 0.421 bits per heavy atom. The van der Waals surface area contributed by atoms with Gasteiger partial charge in [0.25, 0.3) is 6.71 Å². The van der Waals surface area contributed by atoms with E-state index in [1.165, 1.54) is 69.0 Å². The van der Waals surface area contributed by atoms with Gasteiger partial charge >= 0.3 is 0 Å². The SMILES string of the molecule is CC(C)c1cc(C(C)C)c(B2c3ccc(N(c4ccccc4)c4ccccc4)cc3Sc3cc4c(cc32)B2c3ccccc3Oc3cccc(c32)S4)c(C(C)C)c1. The molecular weight excluding hydrogens is 728 g/mol. The highest BCUT2D eigenvalue weighted by atomic mass is 32.2. The molecular formula is C51H45B2NOS2. The Hall–Kier alpha value is -5.03. The average molecular weight is 774 g/mol. The highest BCUT2D eigenvalue weighted by Crippen LogP contribution is 2.42. The summed E-state index contributed by atoms with van der Waals surface area (Å²) in [5.41, 5.74) is 16.0. The number of anilines is 3. The number of rotatable bonds is 7. The molecule has 0 aromatic heterocycles. The van der Waals surface area contributed by atoms with Crippen LogP contribution in [0.2, 0.25) is 0 Å². The number of hydrogen-bond acceptors (Lipinski definition) is 4. The molecule has 0 atom stereocenters. The van der Waals surface area contributed by atoms with Crippen LogP contribution in [0.3, 0.4) is 0 Å². The van der Waals surface area contributed by atoms with Gasteiger partial charge < -0.3 is 9.64 Å². The van der Waals surface area contributed by atoms with E-state index in [1.54, 1.807) is 0 Å². The van der Waals surface area contributed by atoms with E-state index in [0.717, 1.165) is 28.6 Å². The monoisotopic (exact) mass is 773 g/mol. The van der Waals surface area contributed by atoms with Crippen molar-refractivity contribution in [2.24, 2.45) is 0 Å². The third-order valence-electron chi connectivity index (χ3n) is 12.0. The number of fused-ring (bicyclic) bond motifs is 6. The minimum absolute atomic E-state index is 0.0743. The Morgan fingerprint density at radius 3 is 1.61 bits per heavy atom. The van der Waals surface area contributed by atoms with E-state index in [4.69, 9.17) is 4.74 Å². The Balaban J connectivity index is 1.23. The molecule has 3 aliphatic rings. The van der Waals surface area contributed by atoms with Gasteiger partial charge in [-0.05, 0) is 106 Å². The van der Waals surface area contributed by atoms with Crippen LogP contribution in [0, 0.1) is 0 Å². The second-order valence-corrected chi connectivity index (χ2v) is 18.8. The van der Waals surface area contributed by atoms with Crippen LogP contribution in [-0.2, 0) is 0 Å². The molecule has 6 heteroatoms. The van der Waals surface area contributed by atoms with E-state index in [9.17, 15) is 0 Å². The summed E-state index contributed by atoms with van der Waals surface area (Å²) < 4.78 is 6.58. The van der Waals surface area contributed by atoms with E-state index < -0.39 is 0 Å². The molecule has 278 valence electrons. The van der Waals surface area contributed by atoms with Crippen molar-refractivity contribution >= 4 is 86.8 Å². The molecule has 3 aliphatic heterocycles. The summed E-state index contributed by atoms with van der Waals surface area (Å²) in [4.78, 5) is 7.68. The van der Waals surface area contributed by atoms with Crippen molar-refractivity contribution < 1.29 is 4.74 Å². The summed E-state index contributed by atoms with van der Waals surface area (Å²) >= 11 is 3.84. The third-order valence-corrected chi connectivity index (χ3v) is 14.3. The van der Waals surface area contributed by atoms with E-state index in [-0.39, 0.29) is 13.4 Å². The molecule has 7 aromatic rings. The molecule has 10 rings (SSSR count). The van der Waals surface area contributed by atoms with Crippen LogP contribution in [0.1, 0.15) is 76.0 Å². The lowest BCUT2D eigenvalue weighted by atomic mass is 9.32. The Labute approximate surface area is 347 Å². The van der Waals surface area contributed by atoms with Crippen LogP contribution in [0.4, 0.5) is 17.1 Å². The van der Waals surface area contributed by atoms with Gasteiger partial charge in [0, 0.05) is 36.6 Å². The van der Waals surface area contributed by atoms with Crippen molar-refractivity contribution in [3.05, 3.63) is 162 Å². The van der Waals surface area contributed by atoms with Gasteiger partial charge in [-0.1, -0.05) is 172 Å². The first-order valence-electron chi connectivity index (χ1n) is 20.4. The maximum Gasteiger partial charge on any atom is 0.253 e. The van der Waals surface area contributed by atoms with Gasteiger partial charge in [0.2, 0.25) is 6.71 Å². The molecule has 0 fully saturated rings. The summed E-state index contributed by atoms with van der Waals surface area (Å²) in [5.74, 6) is 3.13. The van der Waals surface area contributed by atoms with Crippen molar-refractivity contribution in [2.45, 2.75) is 78.9 Å². The quantitative estimate of drug-likeness (QED) is 0.150. The van der Waals surface area contributed by atoms with Crippen LogP contribution in [0.25, 0.3) is 0 Å². The second kappa shape index (κ2) is 14.4. The predicted molar refractivity (Wildman–Crippen MR) is 247 cm³/mol. The fraction of sp³-hybridized carbons (Fsp3) is 0.176. The van der Waals surface area contributed by atoms with E-state index in [2.05, 4.69) is 192 Å². The molecule has 0 saturated carbocycles. The lowest BCUT2D eigenvalue weighted by Gasteiger charge is -2.36. The first-order chi connectivity index (χ1) is 27.7. The molecule has 3 heterocycles. The summed E-state index contributed by atoms with van der Waals surface area (Å²) in [6.07, 6.45) is 0. The van der Waals surface area contributed by atoms with Gasteiger partial charge in [0.15, 0.2) is 0 Å². The molecule has 0 unspecified atom stereocenters. The maximum atomic E-state index is 6.58. The Morgan fingerprint density at radius 2 is 0.982 bits per heavy atom. The van der Waals surface area contributed by atoms with Crippen LogP contribution < -0.4 is 42.4 Å². The molecule has 0 aliphatic carbocycles. The van der Waals surface area contributed by atoms with Crippen molar-refractivity contribution in [1.82, 2.24) is 0 Å². The summed E-state index contributed by atoms with van der Waals surface area (Å²) in [6, 6.07) is 54.2. The largest absolute Gasteiger partial charge is 0.458 e. The number of nitrogens with zero attached hydrogens (tertiary/aromatic N) is 1. The van der Waals surface area contributed by atoms with Gasteiger partial charge in [0.05, 0.1) is 0 Å². The van der Waals surface area contributed by atoms with Crippen molar-refractivity contribution in [3.63, 3.8) is 0 Å². The first-order valence-corrected chi connectivity index (χ1v) is 22.0. The molecule has 0 radical (unpaired) electrons. The van der Waals surface area contributed by atoms with Gasteiger partial charge in [-0.25, -0.2) is 0 Å². The molecule has 0 bridgehead atoms. The number of hydrogen-bond donors (Lipinski definition) is 0. The highest BCUT2D eigenvalue weighted by Gasteiger charge is 2.42. The zero-order valence-electron chi connectivity index (χ0n) is 33.4. The average Bonchev–Trinajstić information content (AvgIpc) is 3.22. The summed E-state index contributed by atoms with van der Waals surface area (Å²) in [7, 11) is 0. The Kier molecular flexibility index (Phi) is 9.18. The molecule has 0 saturated heterocycles. The zero-order chi connectivity index (χ0) is 38.9. The Bertz CT molecular complexity index is 2610. The van der Waals surface area contributed by atoms with Crippen LogP contribution in [0.15, 0.2) is 165 Å². The van der Waals surface area contributed by atoms with Crippen molar-refractivity contribution in [1.29, 1.82) is 0 Å². The molecule has 0 spiro atoms. The second-order valence-electron chi connectivity index (χ2n) is 16.6. The molecule has 7 aromatic carbocycles. The van der Waals surface area contributed by atoms with Crippen molar-refractivity contribution in [3.8, 4) is 11.5 Å². The topological polar surface area (TPSA) is 12.5 Å².